The SMILES string of the molecule is CC(C)N(C)CCNCC(C(N)=NO)C(F)(F)F. The number of hydrogen-bond donors (Lipinski definition) is 3. The van der Waals surface area contributed by atoms with Gasteiger partial charge in [0.2, 0.25) is 0 Å². The maximum Gasteiger partial charge on any atom is 0.400 e. The summed E-state index contributed by atoms with van der Waals surface area (Å²) in [5.74, 6) is -2.79. The third-order valence-corrected chi connectivity index (χ3v) is 2.74. The van der Waals surface area contributed by atoms with E-state index in [0.717, 1.165) is 0 Å². The topological polar surface area (TPSA) is 73.9 Å². The van der Waals surface area contributed by atoms with Crippen LogP contribution in [0.1, 0.15) is 13.8 Å². The van der Waals surface area contributed by atoms with Crippen molar-refractivity contribution in [3.8, 4) is 0 Å². The molecule has 108 valence electrons. The van der Waals surface area contributed by atoms with Crippen LogP contribution in [0.4, 0.5) is 13.2 Å². The van der Waals surface area contributed by atoms with Crippen molar-refractivity contribution >= 4 is 5.84 Å². The summed E-state index contributed by atoms with van der Waals surface area (Å²) >= 11 is 0. The van der Waals surface area contributed by atoms with Crippen LogP contribution in [0, 0.1) is 5.92 Å². The summed E-state index contributed by atoms with van der Waals surface area (Å²) in [5, 5.41) is 13.4. The highest BCUT2D eigenvalue weighted by Gasteiger charge is 2.42. The molecule has 0 aromatic heterocycles. The van der Waals surface area contributed by atoms with Crippen LogP contribution in [0.5, 0.6) is 0 Å². The number of hydrogen-bond acceptors (Lipinski definition) is 4. The highest BCUT2D eigenvalue weighted by molar-refractivity contribution is 5.83. The zero-order chi connectivity index (χ0) is 14.3. The van der Waals surface area contributed by atoms with Gasteiger partial charge in [0, 0.05) is 25.7 Å². The highest BCUT2D eigenvalue weighted by atomic mass is 19.4. The van der Waals surface area contributed by atoms with E-state index in [1.54, 1.807) is 0 Å². The number of alkyl halides is 3. The van der Waals surface area contributed by atoms with E-state index in [-0.39, 0.29) is 0 Å². The molecule has 1 atom stereocenters. The van der Waals surface area contributed by atoms with Crippen LogP contribution in [-0.4, -0.2) is 54.8 Å². The van der Waals surface area contributed by atoms with E-state index >= 15 is 0 Å². The largest absolute Gasteiger partial charge is 0.409 e. The van der Waals surface area contributed by atoms with Crippen molar-refractivity contribution in [2.75, 3.05) is 26.7 Å². The van der Waals surface area contributed by atoms with Crippen molar-refractivity contribution in [3.05, 3.63) is 0 Å². The molecule has 5 nitrogen and oxygen atoms in total. The molecule has 0 heterocycles. The Hall–Kier alpha value is -1.02. The molecule has 0 aromatic rings. The molecule has 0 aliphatic heterocycles. The van der Waals surface area contributed by atoms with E-state index in [1.807, 2.05) is 25.8 Å². The van der Waals surface area contributed by atoms with Crippen molar-refractivity contribution in [2.45, 2.75) is 26.1 Å². The lowest BCUT2D eigenvalue weighted by Crippen LogP contribution is -2.44. The Morgan fingerprint density at radius 1 is 1.44 bits per heavy atom. The number of nitrogens with zero attached hydrogens (tertiary/aromatic N) is 2. The minimum atomic E-state index is -4.52. The number of nitrogens with two attached hydrogens (primary N) is 1. The van der Waals surface area contributed by atoms with Crippen molar-refractivity contribution in [1.29, 1.82) is 0 Å². The predicted molar refractivity (Wildman–Crippen MR) is 63.6 cm³/mol. The number of nitrogens with one attached hydrogen (secondary N) is 1. The van der Waals surface area contributed by atoms with Gasteiger partial charge < -0.3 is 21.2 Å². The second-order valence-corrected chi connectivity index (χ2v) is 4.40. The van der Waals surface area contributed by atoms with Gasteiger partial charge in [0.15, 0.2) is 5.84 Å². The number of amidine groups is 1. The third-order valence-electron chi connectivity index (χ3n) is 2.74. The Morgan fingerprint density at radius 3 is 2.39 bits per heavy atom. The average Bonchev–Trinajstić information content (AvgIpc) is 2.25. The molecule has 0 bridgehead atoms. The molecule has 0 aromatic carbocycles. The van der Waals surface area contributed by atoms with Crippen molar-refractivity contribution in [3.63, 3.8) is 0 Å². The Bertz CT molecular complexity index is 268. The van der Waals surface area contributed by atoms with Gasteiger partial charge in [0.25, 0.3) is 0 Å². The number of likely N-dealkylation sites (N-methyl/N-ethyl adjacent to an activating group) is 1. The molecule has 0 amide bonds. The Kier molecular flexibility index (Phi) is 7.00. The van der Waals surface area contributed by atoms with Crippen molar-refractivity contribution in [1.82, 2.24) is 10.2 Å². The molecule has 0 saturated heterocycles. The molecule has 4 N–H and O–H groups in total. The molecule has 0 radical (unpaired) electrons. The Labute approximate surface area is 105 Å². The van der Waals surface area contributed by atoms with E-state index in [2.05, 4.69) is 10.5 Å². The van der Waals surface area contributed by atoms with Gasteiger partial charge in [-0.25, -0.2) is 0 Å². The quantitative estimate of drug-likeness (QED) is 0.211. The summed E-state index contributed by atoms with van der Waals surface area (Å²) < 4.78 is 37.6. The fraction of sp³-hybridized carbons (Fsp3) is 0.900. The summed E-state index contributed by atoms with van der Waals surface area (Å²) in [5.41, 5.74) is 5.02. The maximum absolute atomic E-state index is 12.5. The zero-order valence-corrected chi connectivity index (χ0v) is 10.8. The van der Waals surface area contributed by atoms with Gasteiger partial charge in [-0.1, -0.05) is 5.16 Å². The average molecular weight is 270 g/mol. The molecule has 0 fully saturated rings. The summed E-state index contributed by atoms with van der Waals surface area (Å²) in [6, 6.07) is 0.328. The highest BCUT2D eigenvalue weighted by Crippen LogP contribution is 2.25. The maximum atomic E-state index is 12.5. The lowest BCUT2D eigenvalue weighted by Gasteiger charge is -2.23. The molecule has 0 rings (SSSR count). The molecule has 8 heteroatoms. The minimum absolute atomic E-state index is 0.328. The van der Waals surface area contributed by atoms with Gasteiger partial charge >= 0.3 is 6.18 Å². The standard InChI is InChI=1S/C10H21F3N4O/c1-7(2)17(3)5-4-15-6-8(9(14)16-18)10(11,12)13/h7-8,15,18H,4-6H2,1-3H3,(H2,14,16). The first-order valence-corrected chi connectivity index (χ1v) is 5.65. The van der Waals surface area contributed by atoms with Gasteiger partial charge in [-0.2, -0.15) is 13.2 Å². The molecule has 0 aliphatic rings. The summed E-state index contributed by atoms with van der Waals surface area (Å²) in [7, 11) is 1.89. The predicted octanol–water partition coefficient (Wildman–Crippen LogP) is 0.841. The van der Waals surface area contributed by atoms with Crippen molar-refractivity contribution < 1.29 is 18.4 Å². The van der Waals surface area contributed by atoms with Gasteiger partial charge in [-0.3, -0.25) is 0 Å². The van der Waals surface area contributed by atoms with Crippen molar-refractivity contribution in [2.24, 2.45) is 16.8 Å². The van der Waals surface area contributed by atoms with Crippen LogP contribution < -0.4 is 11.1 Å². The van der Waals surface area contributed by atoms with Crippen LogP contribution >= 0.6 is 0 Å². The van der Waals surface area contributed by atoms with Gasteiger partial charge in [-0.05, 0) is 20.9 Å². The number of halogens is 3. The fourth-order valence-electron chi connectivity index (χ4n) is 1.22. The first-order valence-electron chi connectivity index (χ1n) is 5.65. The smallest absolute Gasteiger partial charge is 0.400 e. The minimum Gasteiger partial charge on any atom is -0.409 e. The zero-order valence-electron chi connectivity index (χ0n) is 10.8. The fourth-order valence-corrected chi connectivity index (χ4v) is 1.22. The molecular weight excluding hydrogens is 249 g/mol. The van der Waals surface area contributed by atoms with E-state index in [1.165, 1.54) is 0 Å². The van der Waals surface area contributed by atoms with Gasteiger partial charge in [0.05, 0.1) is 0 Å². The van der Waals surface area contributed by atoms with E-state index in [0.29, 0.717) is 19.1 Å². The second-order valence-electron chi connectivity index (χ2n) is 4.40. The molecule has 0 saturated carbocycles. The normalized spacial score (nSPS) is 15.4. The van der Waals surface area contributed by atoms with Crippen LogP contribution in [0.25, 0.3) is 0 Å². The summed E-state index contributed by atoms with van der Waals surface area (Å²) in [4.78, 5) is 2.00. The van der Waals surface area contributed by atoms with E-state index in [4.69, 9.17) is 10.9 Å². The number of oxime groups is 1. The van der Waals surface area contributed by atoms with E-state index < -0.39 is 24.5 Å². The molecule has 0 aliphatic carbocycles. The van der Waals surface area contributed by atoms with Crippen LogP contribution in [0.3, 0.4) is 0 Å². The summed E-state index contributed by atoms with van der Waals surface area (Å²) in [6.07, 6.45) is -4.52. The van der Waals surface area contributed by atoms with Crippen LogP contribution in [0.15, 0.2) is 5.16 Å². The summed E-state index contributed by atoms with van der Waals surface area (Å²) in [6.45, 7) is 4.62. The third kappa shape index (κ3) is 6.06. The molecular formula is C10H21F3N4O. The first-order chi connectivity index (χ1) is 8.20. The van der Waals surface area contributed by atoms with Crippen LogP contribution in [-0.2, 0) is 0 Å². The number of rotatable bonds is 7. The first kappa shape index (κ1) is 17.0. The molecule has 18 heavy (non-hydrogen) atoms. The lowest BCUT2D eigenvalue weighted by atomic mass is 10.1. The van der Waals surface area contributed by atoms with Gasteiger partial charge in [-0.15, -0.1) is 0 Å². The van der Waals surface area contributed by atoms with E-state index in [9.17, 15) is 13.2 Å². The monoisotopic (exact) mass is 270 g/mol. The molecule has 1 unspecified atom stereocenters. The Balaban J connectivity index is 4.15. The molecule has 0 spiro atoms. The Morgan fingerprint density at radius 2 is 2.00 bits per heavy atom. The lowest BCUT2D eigenvalue weighted by molar-refractivity contribution is -0.154. The van der Waals surface area contributed by atoms with Gasteiger partial charge in [0.1, 0.15) is 5.92 Å². The second kappa shape index (κ2) is 7.42. The van der Waals surface area contributed by atoms with Crippen LogP contribution in [0.2, 0.25) is 0 Å².